The maximum Gasteiger partial charge on any atom is 0.418 e. The molecule has 19 heavy (non-hydrogen) atoms. The molecule has 108 valence electrons. The molecule has 0 aromatic heterocycles. The molecule has 0 aliphatic rings. The normalized spacial score (nSPS) is 14.5. The highest BCUT2D eigenvalue weighted by Crippen LogP contribution is 2.41. The summed E-state index contributed by atoms with van der Waals surface area (Å²) in [6.07, 6.45) is -11.5. The Hall–Kier alpha value is -1.44. The van der Waals surface area contributed by atoms with Gasteiger partial charge in [-0.25, -0.2) is 0 Å². The molecule has 0 spiro atoms. The Labute approximate surface area is 104 Å². The molecule has 0 saturated heterocycles. The van der Waals surface area contributed by atoms with E-state index >= 15 is 0 Å². The van der Waals surface area contributed by atoms with Gasteiger partial charge in [-0.2, -0.15) is 26.3 Å². The minimum absolute atomic E-state index is 0.0528. The molecule has 2 nitrogen and oxygen atoms in total. The van der Waals surface area contributed by atoms with E-state index in [-0.39, 0.29) is 12.5 Å². The predicted octanol–water partition coefficient (Wildman–Crippen LogP) is 3.75. The van der Waals surface area contributed by atoms with Gasteiger partial charge in [-0.1, -0.05) is 6.92 Å². The summed E-state index contributed by atoms with van der Waals surface area (Å²) in [5, 5.41) is 9.48. The molecule has 3 N–H and O–H groups in total. The molecule has 0 bridgehead atoms. The standard InChI is InChI=1S/C11H11F6NO/c1-2-8(19)6-3-5(10(12,13)14)4-7(9(6)18)11(15,16)17/h3-4,8,19H,2,18H2,1H3. The summed E-state index contributed by atoms with van der Waals surface area (Å²) in [6, 6.07) is 0.389. The van der Waals surface area contributed by atoms with E-state index < -0.39 is 40.8 Å². The maximum atomic E-state index is 12.6. The first kappa shape index (κ1) is 15.6. The van der Waals surface area contributed by atoms with Crippen LogP contribution in [-0.2, 0) is 12.4 Å². The van der Waals surface area contributed by atoms with Crippen LogP contribution >= 0.6 is 0 Å². The number of anilines is 1. The molecular formula is C11H11F6NO. The van der Waals surface area contributed by atoms with Gasteiger partial charge in [-0.3, -0.25) is 0 Å². The second-order valence-corrected chi connectivity index (χ2v) is 3.95. The van der Waals surface area contributed by atoms with Crippen LogP contribution in [0.1, 0.15) is 36.1 Å². The highest BCUT2D eigenvalue weighted by molar-refractivity contribution is 5.58. The Balaban J connectivity index is 3.57. The molecule has 1 rings (SSSR count). The third-order valence-electron chi connectivity index (χ3n) is 2.59. The first-order chi connectivity index (χ1) is 8.48. The Morgan fingerprint density at radius 2 is 1.63 bits per heavy atom. The van der Waals surface area contributed by atoms with Crippen LogP contribution in [0.15, 0.2) is 12.1 Å². The molecule has 0 saturated carbocycles. The van der Waals surface area contributed by atoms with E-state index in [2.05, 4.69) is 0 Å². The molecule has 8 heteroatoms. The van der Waals surface area contributed by atoms with Gasteiger partial charge in [0.1, 0.15) is 0 Å². The van der Waals surface area contributed by atoms with Crippen molar-refractivity contribution in [2.75, 3.05) is 5.73 Å². The summed E-state index contributed by atoms with van der Waals surface area (Å²) in [6.45, 7) is 1.41. The van der Waals surface area contributed by atoms with E-state index in [1.54, 1.807) is 0 Å². The van der Waals surface area contributed by atoms with Gasteiger partial charge in [0.2, 0.25) is 0 Å². The molecule has 1 atom stereocenters. The lowest BCUT2D eigenvalue weighted by atomic mass is 9.97. The van der Waals surface area contributed by atoms with Crippen LogP contribution < -0.4 is 5.73 Å². The lowest BCUT2D eigenvalue weighted by Gasteiger charge is -2.19. The molecule has 0 aliphatic carbocycles. The number of nitrogens with two attached hydrogens (primary N) is 1. The van der Waals surface area contributed by atoms with Gasteiger partial charge in [-0.15, -0.1) is 0 Å². The van der Waals surface area contributed by atoms with E-state index in [1.165, 1.54) is 6.92 Å². The van der Waals surface area contributed by atoms with E-state index in [0.29, 0.717) is 6.07 Å². The fourth-order valence-corrected chi connectivity index (χ4v) is 1.57. The van der Waals surface area contributed by atoms with Gasteiger partial charge in [0.05, 0.1) is 17.2 Å². The number of rotatable bonds is 2. The van der Waals surface area contributed by atoms with Gasteiger partial charge in [0.25, 0.3) is 0 Å². The molecule has 0 radical (unpaired) electrons. The average molecular weight is 287 g/mol. The van der Waals surface area contributed by atoms with Crippen LogP contribution in [-0.4, -0.2) is 5.11 Å². The van der Waals surface area contributed by atoms with E-state index in [4.69, 9.17) is 5.73 Å². The van der Waals surface area contributed by atoms with Gasteiger partial charge in [0.15, 0.2) is 0 Å². The van der Waals surface area contributed by atoms with Crippen molar-refractivity contribution in [2.24, 2.45) is 0 Å². The number of hydrogen-bond donors (Lipinski definition) is 2. The summed E-state index contributed by atoms with van der Waals surface area (Å²) in [7, 11) is 0. The number of nitrogen functional groups attached to an aromatic ring is 1. The van der Waals surface area contributed by atoms with Crippen LogP contribution in [0, 0.1) is 0 Å². The quantitative estimate of drug-likeness (QED) is 0.643. The smallest absolute Gasteiger partial charge is 0.398 e. The molecular weight excluding hydrogens is 276 g/mol. The second-order valence-electron chi connectivity index (χ2n) is 3.95. The van der Waals surface area contributed by atoms with Gasteiger partial charge < -0.3 is 10.8 Å². The molecule has 1 aromatic rings. The number of aliphatic hydroxyl groups excluding tert-OH is 1. The molecule has 1 aromatic carbocycles. The monoisotopic (exact) mass is 287 g/mol. The third kappa shape index (κ3) is 3.31. The minimum Gasteiger partial charge on any atom is -0.398 e. The fraction of sp³-hybridized carbons (Fsp3) is 0.455. The Bertz CT molecular complexity index is 465. The largest absolute Gasteiger partial charge is 0.418 e. The van der Waals surface area contributed by atoms with Crippen molar-refractivity contribution < 1.29 is 31.4 Å². The fourth-order valence-electron chi connectivity index (χ4n) is 1.57. The van der Waals surface area contributed by atoms with E-state index in [9.17, 15) is 31.4 Å². The first-order valence-electron chi connectivity index (χ1n) is 5.24. The zero-order valence-electron chi connectivity index (χ0n) is 9.73. The lowest BCUT2D eigenvalue weighted by Crippen LogP contribution is -2.16. The zero-order valence-corrected chi connectivity index (χ0v) is 9.73. The maximum absolute atomic E-state index is 12.6. The van der Waals surface area contributed by atoms with Crippen molar-refractivity contribution in [3.8, 4) is 0 Å². The molecule has 0 heterocycles. The number of aliphatic hydroxyl groups is 1. The predicted molar refractivity (Wildman–Crippen MR) is 56.1 cm³/mol. The van der Waals surface area contributed by atoms with Crippen molar-refractivity contribution in [3.63, 3.8) is 0 Å². The first-order valence-corrected chi connectivity index (χ1v) is 5.24. The average Bonchev–Trinajstić information content (AvgIpc) is 2.25. The van der Waals surface area contributed by atoms with Crippen LogP contribution in [0.2, 0.25) is 0 Å². The molecule has 1 unspecified atom stereocenters. The van der Waals surface area contributed by atoms with E-state index in [1.807, 2.05) is 0 Å². The SMILES string of the molecule is CCC(O)c1cc(C(F)(F)F)cc(C(F)(F)F)c1N. The number of hydrogen-bond acceptors (Lipinski definition) is 2. The summed E-state index contributed by atoms with van der Waals surface area (Å²) in [5.74, 6) is 0. The Morgan fingerprint density at radius 1 is 1.11 bits per heavy atom. The summed E-state index contributed by atoms with van der Waals surface area (Å²) in [5.41, 5.74) is 0.684. The van der Waals surface area contributed by atoms with Crippen LogP contribution in [0.4, 0.5) is 32.0 Å². The summed E-state index contributed by atoms with van der Waals surface area (Å²) < 4.78 is 75.5. The van der Waals surface area contributed by atoms with Crippen LogP contribution in [0.3, 0.4) is 0 Å². The minimum atomic E-state index is -5.02. The van der Waals surface area contributed by atoms with Gasteiger partial charge in [-0.05, 0) is 18.6 Å². The van der Waals surface area contributed by atoms with Crippen LogP contribution in [0.25, 0.3) is 0 Å². The number of alkyl halides is 6. The third-order valence-corrected chi connectivity index (χ3v) is 2.59. The topological polar surface area (TPSA) is 46.2 Å². The van der Waals surface area contributed by atoms with Gasteiger partial charge >= 0.3 is 12.4 Å². The van der Waals surface area contributed by atoms with E-state index in [0.717, 1.165) is 0 Å². The van der Waals surface area contributed by atoms with Crippen molar-refractivity contribution in [2.45, 2.75) is 31.8 Å². The lowest BCUT2D eigenvalue weighted by molar-refractivity contribution is -0.142. The van der Waals surface area contributed by atoms with Crippen LogP contribution in [0.5, 0.6) is 0 Å². The van der Waals surface area contributed by atoms with Gasteiger partial charge in [0, 0.05) is 11.3 Å². The molecule has 0 fully saturated rings. The Morgan fingerprint density at radius 3 is 2.00 bits per heavy atom. The van der Waals surface area contributed by atoms with Crippen molar-refractivity contribution in [3.05, 3.63) is 28.8 Å². The molecule has 0 amide bonds. The Kier molecular flexibility index (Phi) is 4.04. The van der Waals surface area contributed by atoms with Crippen molar-refractivity contribution in [1.82, 2.24) is 0 Å². The zero-order chi connectivity index (χ0) is 15.0. The summed E-state index contributed by atoms with van der Waals surface area (Å²) >= 11 is 0. The number of halogens is 6. The highest BCUT2D eigenvalue weighted by Gasteiger charge is 2.39. The van der Waals surface area contributed by atoms with Crippen molar-refractivity contribution in [1.29, 1.82) is 0 Å². The summed E-state index contributed by atoms with van der Waals surface area (Å²) in [4.78, 5) is 0. The highest BCUT2D eigenvalue weighted by atomic mass is 19.4. The second kappa shape index (κ2) is 4.92. The molecule has 0 aliphatic heterocycles. The van der Waals surface area contributed by atoms with Crippen molar-refractivity contribution >= 4 is 5.69 Å². The number of benzene rings is 1.